The van der Waals surface area contributed by atoms with Crippen molar-refractivity contribution in [1.82, 2.24) is 14.5 Å². The fraction of sp³-hybridized carbons (Fsp3) is 0.250. The van der Waals surface area contributed by atoms with Gasteiger partial charge in [0.15, 0.2) is 0 Å². The molecule has 2 heterocycles. The van der Waals surface area contributed by atoms with Crippen LogP contribution in [0.25, 0.3) is 11.1 Å². The van der Waals surface area contributed by atoms with Crippen LogP contribution in [-0.4, -0.2) is 50.0 Å². The van der Waals surface area contributed by atoms with Gasteiger partial charge in [-0.05, 0) is 75.7 Å². The largest absolute Gasteiger partial charge is 0.506 e. The van der Waals surface area contributed by atoms with Crippen LogP contribution in [0.5, 0.6) is 5.75 Å². The van der Waals surface area contributed by atoms with Crippen LogP contribution in [0.15, 0.2) is 77.9 Å². The molecule has 3 N–H and O–H groups in total. The van der Waals surface area contributed by atoms with E-state index in [0.29, 0.717) is 34.8 Å². The first-order chi connectivity index (χ1) is 20.4. The summed E-state index contributed by atoms with van der Waals surface area (Å²) in [5.74, 6) is -1.39. The highest BCUT2D eigenvalue weighted by atomic mass is 35.5. The minimum absolute atomic E-state index is 0.0648. The van der Waals surface area contributed by atoms with Gasteiger partial charge in [-0.25, -0.2) is 4.98 Å². The summed E-state index contributed by atoms with van der Waals surface area (Å²) in [4.78, 5) is 45.8. The predicted molar refractivity (Wildman–Crippen MR) is 171 cm³/mol. The van der Waals surface area contributed by atoms with Crippen LogP contribution in [0.4, 0.5) is 11.5 Å². The quantitative estimate of drug-likeness (QED) is 0.173. The molecule has 224 valence electrons. The van der Waals surface area contributed by atoms with E-state index < -0.39 is 11.8 Å². The second-order valence-corrected chi connectivity index (χ2v) is 11.4. The van der Waals surface area contributed by atoms with Crippen molar-refractivity contribution in [1.29, 1.82) is 0 Å². The van der Waals surface area contributed by atoms with Gasteiger partial charge in [0, 0.05) is 59.8 Å². The number of anilines is 2. The maximum Gasteiger partial charge on any atom is 0.259 e. The molecule has 0 aliphatic rings. The fourth-order valence-corrected chi connectivity index (χ4v) is 5.12. The van der Waals surface area contributed by atoms with Crippen molar-refractivity contribution in [2.45, 2.75) is 46.3 Å². The summed E-state index contributed by atoms with van der Waals surface area (Å²) in [6, 6.07) is 16.4. The molecule has 0 aliphatic heterocycles. The van der Waals surface area contributed by atoms with Crippen molar-refractivity contribution in [3.63, 3.8) is 0 Å². The SMILES string of the molecule is CC(C)N(CCn1cccc(-c2ccc(C(=O)Nc3c(O)cc(Cl)cc3C(=O)Nc3ccc(Cl)cn3)cc2)c1=O)C(C)C. The van der Waals surface area contributed by atoms with Gasteiger partial charge < -0.3 is 20.3 Å². The van der Waals surface area contributed by atoms with Crippen LogP contribution in [0.1, 0.15) is 48.4 Å². The number of halogens is 2. The number of benzene rings is 2. The summed E-state index contributed by atoms with van der Waals surface area (Å²) in [7, 11) is 0. The smallest absolute Gasteiger partial charge is 0.259 e. The first-order valence-electron chi connectivity index (χ1n) is 13.8. The molecular weight excluding hydrogens is 589 g/mol. The zero-order valence-corrected chi connectivity index (χ0v) is 25.8. The lowest BCUT2D eigenvalue weighted by Crippen LogP contribution is -2.40. The molecule has 2 amide bonds. The molecule has 0 saturated heterocycles. The van der Waals surface area contributed by atoms with Gasteiger partial charge in [-0.1, -0.05) is 35.3 Å². The van der Waals surface area contributed by atoms with Crippen LogP contribution < -0.4 is 16.2 Å². The first-order valence-corrected chi connectivity index (χ1v) is 14.5. The topological polar surface area (TPSA) is 117 Å². The number of phenolic OH excluding ortho intramolecular Hbond substituents is 1. The molecule has 2 aromatic carbocycles. The Kier molecular flexibility index (Phi) is 10.2. The number of hydrogen-bond donors (Lipinski definition) is 3. The lowest BCUT2D eigenvalue weighted by Gasteiger charge is -2.30. The molecule has 0 unspecified atom stereocenters. The van der Waals surface area contributed by atoms with E-state index in [-0.39, 0.29) is 39.0 Å². The maximum atomic E-state index is 13.3. The van der Waals surface area contributed by atoms with E-state index in [0.717, 1.165) is 6.54 Å². The summed E-state index contributed by atoms with van der Waals surface area (Å²) >= 11 is 11.9. The second-order valence-electron chi connectivity index (χ2n) is 10.5. The van der Waals surface area contributed by atoms with Crippen LogP contribution in [0, 0.1) is 0 Å². The monoisotopic (exact) mass is 621 g/mol. The van der Waals surface area contributed by atoms with Gasteiger partial charge in [-0.2, -0.15) is 0 Å². The van der Waals surface area contributed by atoms with Crippen molar-refractivity contribution >= 4 is 46.5 Å². The number of pyridine rings is 2. The summed E-state index contributed by atoms with van der Waals surface area (Å²) < 4.78 is 1.70. The molecule has 0 aliphatic carbocycles. The number of aromatic hydroxyl groups is 1. The Morgan fingerprint density at radius 1 is 0.930 bits per heavy atom. The Morgan fingerprint density at radius 3 is 2.26 bits per heavy atom. The van der Waals surface area contributed by atoms with E-state index in [1.165, 1.54) is 24.4 Å². The summed E-state index contributed by atoms with van der Waals surface area (Å²) in [6.07, 6.45) is 3.15. The molecule has 2 aromatic heterocycles. The van der Waals surface area contributed by atoms with Crippen molar-refractivity contribution in [2.75, 3.05) is 17.2 Å². The number of rotatable bonds is 10. The number of carbonyl (C=O) groups is 2. The van der Waals surface area contributed by atoms with Crippen molar-refractivity contribution in [3.8, 4) is 16.9 Å². The number of nitrogens with zero attached hydrogens (tertiary/aromatic N) is 3. The third-order valence-corrected chi connectivity index (χ3v) is 7.38. The molecule has 4 rings (SSSR count). The number of phenols is 1. The van der Waals surface area contributed by atoms with Crippen molar-refractivity contribution in [3.05, 3.63) is 105 Å². The third kappa shape index (κ3) is 7.81. The highest BCUT2D eigenvalue weighted by molar-refractivity contribution is 6.32. The minimum atomic E-state index is -0.650. The zero-order valence-electron chi connectivity index (χ0n) is 24.3. The number of hydrogen-bond acceptors (Lipinski definition) is 6. The first kappa shape index (κ1) is 31.7. The second kappa shape index (κ2) is 13.9. The average Bonchev–Trinajstić information content (AvgIpc) is 2.96. The third-order valence-electron chi connectivity index (χ3n) is 6.94. The van der Waals surface area contributed by atoms with Gasteiger partial charge in [-0.15, -0.1) is 0 Å². The molecule has 4 aromatic rings. The molecular formula is C32H33Cl2N5O4. The Hall–Kier alpha value is -4.18. The zero-order chi connectivity index (χ0) is 31.3. The van der Waals surface area contributed by atoms with E-state index in [4.69, 9.17) is 23.2 Å². The summed E-state index contributed by atoms with van der Waals surface area (Å²) in [5.41, 5.74) is 1.12. The van der Waals surface area contributed by atoms with Gasteiger partial charge in [0.05, 0.1) is 16.3 Å². The molecule has 43 heavy (non-hydrogen) atoms. The number of amides is 2. The molecule has 11 heteroatoms. The lowest BCUT2D eigenvalue weighted by molar-refractivity contribution is 0.102. The summed E-state index contributed by atoms with van der Waals surface area (Å²) in [5, 5.41) is 16.2. The van der Waals surface area contributed by atoms with E-state index in [9.17, 15) is 19.5 Å². The molecule has 0 bridgehead atoms. The fourth-order valence-electron chi connectivity index (χ4n) is 4.79. The van der Waals surface area contributed by atoms with E-state index in [2.05, 4.69) is 48.2 Å². The van der Waals surface area contributed by atoms with Crippen LogP contribution >= 0.6 is 23.2 Å². The Balaban J connectivity index is 1.52. The van der Waals surface area contributed by atoms with Crippen LogP contribution in [-0.2, 0) is 6.54 Å². The van der Waals surface area contributed by atoms with Gasteiger partial charge in [0.1, 0.15) is 11.6 Å². The Bertz CT molecular complexity index is 1660. The van der Waals surface area contributed by atoms with E-state index >= 15 is 0 Å². The number of carbonyl (C=O) groups excluding carboxylic acids is 2. The van der Waals surface area contributed by atoms with Crippen molar-refractivity contribution in [2.24, 2.45) is 0 Å². The van der Waals surface area contributed by atoms with Crippen LogP contribution in [0.2, 0.25) is 10.0 Å². The number of nitrogens with one attached hydrogen (secondary N) is 2. The van der Waals surface area contributed by atoms with Gasteiger partial charge in [0.2, 0.25) is 0 Å². The molecule has 0 saturated carbocycles. The van der Waals surface area contributed by atoms with Gasteiger partial charge in [0.25, 0.3) is 17.4 Å². The Labute approximate surface area is 260 Å². The molecule has 0 atom stereocenters. The number of aromatic nitrogens is 2. The minimum Gasteiger partial charge on any atom is -0.506 e. The molecule has 0 fully saturated rings. The van der Waals surface area contributed by atoms with Crippen LogP contribution in [0.3, 0.4) is 0 Å². The molecule has 9 nitrogen and oxygen atoms in total. The van der Waals surface area contributed by atoms with E-state index in [1.54, 1.807) is 47.2 Å². The Morgan fingerprint density at radius 2 is 1.63 bits per heavy atom. The lowest BCUT2D eigenvalue weighted by atomic mass is 10.0. The normalized spacial score (nSPS) is 11.3. The predicted octanol–water partition coefficient (Wildman–Crippen LogP) is 6.55. The highest BCUT2D eigenvalue weighted by Crippen LogP contribution is 2.32. The molecule has 0 spiro atoms. The average molecular weight is 623 g/mol. The van der Waals surface area contributed by atoms with Crippen molar-refractivity contribution < 1.29 is 14.7 Å². The standard InChI is InChI=1S/C32H33Cl2N5O4/c1-19(2)39(20(3)4)15-14-38-13-5-6-25(32(38)43)21-7-9-22(10-8-21)30(41)37-29-26(16-24(34)17-27(29)40)31(42)36-28-12-11-23(33)18-35-28/h5-13,16-20,40H,14-15H2,1-4H3,(H,37,41)(H,35,36,42). The highest BCUT2D eigenvalue weighted by Gasteiger charge is 2.20. The van der Waals surface area contributed by atoms with E-state index in [1.807, 2.05) is 6.07 Å². The van der Waals surface area contributed by atoms with Gasteiger partial charge >= 0.3 is 0 Å². The summed E-state index contributed by atoms with van der Waals surface area (Å²) in [6.45, 7) is 9.85. The molecule has 0 radical (unpaired) electrons. The maximum absolute atomic E-state index is 13.3. The van der Waals surface area contributed by atoms with Gasteiger partial charge in [-0.3, -0.25) is 19.3 Å².